The van der Waals surface area contributed by atoms with Crippen molar-refractivity contribution in [1.29, 1.82) is 5.26 Å². The zero-order valence-corrected chi connectivity index (χ0v) is 11.6. The van der Waals surface area contributed by atoms with Gasteiger partial charge in [-0.15, -0.1) is 0 Å². The van der Waals surface area contributed by atoms with Gasteiger partial charge in [-0.1, -0.05) is 18.2 Å². The third-order valence-electron chi connectivity index (χ3n) is 3.42. The van der Waals surface area contributed by atoms with E-state index in [4.69, 9.17) is 15.7 Å². The van der Waals surface area contributed by atoms with Crippen molar-refractivity contribution in [3.63, 3.8) is 0 Å². The number of benzene rings is 2. The molecule has 0 fully saturated rings. The van der Waals surface area contributed by atoms with Crippen LogP contribution in [0.5, 0.6) is 5.75 Å². The number of nitrogen functional groups attached to an aromatic ring is 1. The van der Waals surface area contributed by atoms with E-state index >= 15 is 0 Å². The Kier molecular flexibility index (Phi) is 3.20. The van der Waals surface area contributed by atoms with Gasteiger partial charge in [-0.05, 0) is 29.8 Å². The molecule has 0 atom stereocenters. The predicted octanol–water partition coefficient (Wildman–Crippen LogP) is 2.55. The van der Waals surface area contributed by atoms with Gasteiger partial charge in [0.05, 0.1) is 30.8 Å². The number of imidazole rings is 1. The number of nitrogens with two attached hydrogens (primary N) is 1. The second-order valence-electron chi connectivity index (χ2n) is 4.69. The Hall–Kier alpha value is -3.00. The number of aromatic nitrogens is 2. The maximum absolute atomic E-state index is 8.83. The highest BCUT2D eigenvalue weighted by Crippen LogP contribution is 2.27. The molecule has 0 radical (unpaired) electrons. The van der Waals surface area contributed by atoms with E-state index in [1.165, 1.54) is 0 Å². The molecule has 1 heterocycles. The van der Waals surface area contributed by atoms with Crippen LogP contribution in [0.3, 0.4) is 0 Å². The van der Waals surface area contributed by atoms with Crippen molar-refractivity contribution >= 4 is 17.0 Å². The monoisotopic (exact) mass is 278 g/mol. The predicted molar refractivity (Wildman–Crippen MR) is 81.0 cm³/mol. The van der Waals surface area contributed by atoms with Crippen molar-refractivity contribution in [1.82, 2.24) is 9.55 Å². The highest BCUT2D eigenvalue weighted by Gasteiger charge is 2.12. The minimum Gasteiger partial charge on any atom is -0.494 e. The van der Waals surface area contributed by atoms with E-state index in [0.717, 1.165) is 16.6 Å². The molecule has 0 bridgehead atoms. The molecular formula is C16H14N4O. The van der Waals surface area contributed by atoms with Crippen molar-refractivity contribution in [3.8, 4) is 11.8 Å². The number of para-hydroxylation sites is 1. The number of nitrogens with zero attached hydrogens (tertiary/aromatic N) is 3. The summed E-state index contributed by atoms with van der Waals surface area (Å²) in [4.78, 5) is 4.38. The van der Waals surface area contributed by atoms with Crippen molar-refractivity contribution in [2.24, 2.45) is 0 Å². The van der Waals surface area contributed by atoms with Gasteiger partial charge in [0.25, 0.3) is 0 Å². The molecule has 3 aromatic rings. The zero-order valence-electron chi connectivity index (χ0n) is 11.6. The number of nitriles is 1. The maximum atomic E-state index is 8.83. The van der Waals surface area contributed by atoms with Gasteiger partial charge in [0.1, 0.15) is 11.3 Å². The molecule has 0 saturated heterocycles. The Morgan fingerprint density at radius 2 is 2.00 bits per heavy atom. The molecule has 21 heavy (non-hydrogen) atoms. The van der Waals surface area contributed by atoms with E-state index in [0.29, 0.717) is 23.8 Å². The van der Waals surface area contributed by atoms with Gasteiger partial charge in [0.15, 0.2) is 0 Å². The van der Waals surface area contributed by atoms with Crippen LogP contribution in [0.15, 0.2) is 42.5 Å². The first-order chi connectivity index (χ1) is 10.2. The molecule has 2 aromatic carbocycles. The first-order valence-corrected chi connectivity index (χ1v) is 6.50. The summed E-state index contributed by atoms with van der Waals surface area (Å²) in [5, 5.41) is 8.83. The summed E-state index contributed by atoms with van der Waals surface area (Å²) in [5.41, 5.74) is 9.41. The molecule has 0 aliphatic rings. The van der Waals surface area contributed by atoms with Crippen molar-refractivity contribution in [3.05, 3.63) is 53.6 Å². The highest BCUT2D eigenvalue weighted by molar-refractivity contribution is 5.84. The smallest absolute Gasteiger partial charge is 0.201 e. The summed E-state index contributed by atoms with van der Waals surface area (Å²) >= 11 is 0. The van der Waals surface area contributed by atoms with Gasteiger partial charge >= 0.3 is 0 Å². The molecular weight excluding hydrogens is 264 g/mol. The lowest BCUT2D eigenvalue weighted by atomic mass is 10.1. The standard InChI is InChI=1S/C16H14N4O/c1-21-14-4-2-3-13-15(14)19-16(18)20(13)10-12-7-5-11(9-17)6-8-12/h2-8H,10H2,1H3,(H2,18,19). The molecule has 0 saturated carbocycles. The molecule has 0 amide bonds. The lowest BCUT2D eigenvalue weighted by Crippen LogP contribution is -2.04. The number of hydrogen-bond acceptors (Lipinski definition) is 4. The van der Waals surface area contributed by atoms with Crippen molar-refractivity contribution < 1.29 is 4.74 Å². The fourth-order valence-electron chi connectivity index (χ4n) is 2.34. The minimum absolute atomic E-state index is 0.443. The molecule has 2 N–H and O–H groups in total. The molecule has 0 spiro atoms. The summed E-state index contributed by atoms with van der Waals surface area (Å²) in [6, 6.07) is 15.3. The Bertz CT molecular complexity index is 828. The molecule has 5 nitrogen and oxygen atoms in total. The normalized spacial score (nSPS) is 10.5. The van der Waals surface area contributed by atoms with Crippen LogP contribution in [0.4, 0.5) is 5.95 Å². The van der Waals surface area contributed by atoms with Gasteiger partial charge < -0.3 is 15.0 Å². The summed E-state index contributed by atoms with van der Waals surface area (Å²) in [6.07, 6.45) is 0. The fourth-order valence-corrected chi connectivity index (χ4v) is 2.34. The lowest BCUT2D eigenvalue weighted by Gasteiger charge is -2.07. The van der Waals surface area contributed by atoms with E-state index < -0.39 is 0 Å². The second kappa shape index (κ2) is 5.17. The van der Waals surface area contributed by atoms with Gasteiger partial charge in [-0.25, -0.2) is 4.98 Å². The molecule has 0 aliphatic heterocycles. The average Bonchev–Trinajstić information content (AvgIpc) is 2.84. The van der Waals surface area contributed by atoms with Crippen LogP contribution < -0.4 is 10.5 Å². The zero-order chi connectivity index (χ0) is 14.8. The number of fused-ring (bicyclic) bond motifs is 1. The lowest BCUT2D eigenvalue weighted by molar-refractivity contribution is 0.419. The molecule has 104 valence electrons. The first kappa shape index (κ1) is 13.0. The van der Waals surface area contributed by atoms with Crippen LogP contribution >= 0.6 is 0 Å². The molecule has 3 rings (SSSR count). The molecule has 5 heteroatoms. The fraction of sp³-hybridized carbons (Fsp3) is 0.125. The maximum Gasteiger partial charge on any atom is 0.201 e. The number of methoxy groups -OCH3 is 1. The largest absolute Gasteiger partial charge is 0.494 e. The first-order valence-electron chi connectivity index (χ1n) is 6.50. The van der Waals surface area contributed by atoms with Crippen LogP contribution in [-0.4, -0.2) is 16.7 Å². The van der Waals surface area contributed by atoms with E-state index in [2.05, 4.69) is 11.1 Å². The number of hydrogen-bond donors (Lipinski definition) is 1. The van der Waals surface area contributed by atoms with Crippen LogP contribution in [0.25, 0.3) is 11.0 Å². The van der Waals surface area contributed by atoms with E-state index in [-0.39, 0.29) is 0 Å². The Balaban J connectivity index is 2.04. The SMILES string of the molecule is COc1cccc2c1nc(N)n2Cc1ccc(C#N)cc1. The van der Waals surface area contributed by atoms with E-state index in [1.807, 2.05) is 34.9 Å². The minimum atomic E-state index is 0.443. The van der Waals surface area contributed by atoms with Gasteiger partial charge in [0, 0.05) is 0 Å². The van der Waals surface area contributed by atoms with Gasteiger partial charge in [-0.2, -0.15) is 5.26 Å². The Morgan fingerprint density at radius 1 is 1.24 bits per heavy atom. The van der Waals surface area contributed by atoms with Crippen LogP contribution in [0, 0.1) is 11.3 Å². The summed E-state index contributed by atoms with van der Waals surface area (Å²) in [6.45, 7) is 0.598. The van der Waals surface area contributed by atoms with Gasteiger partial charge in [-0.3, -0.25) is 0 Å². The highest BCUT2D eigenvalue weighted by atomic mass is 16.5. The van der Waals surface area contributed by atoms with Crippen molar-refractivity contribution in [2.45, 2.75) is 6.54 Å². The molecule has 0 unspecified atom stereocenters. The van der Waals surface area contributed by atoms with Crippen LogP contribution in [0.1, 0.15) is 11.1 Å². The Labute approximate surface area is 122 Å². The number of anilines is 1. The number of rotatable bonds is 3. The number of ether oxygens (including phenoxy) is 1. The second-order valence-corrected chi connectivity index (χ2v) is 4.69. The topological polar surface area (TPSA) is 76.9 Å². The van der Waals surface area contributed by atoms with Crippen molar-refractivity contribution in [2.75, 3.05) is 12.8 Å². The molecule has 1 aromatic heterocycles. The van der Waals surface area contributed by atoms with E-state index in [1.54, 1.807) is 19.2 Å². The average molecular weight is 278 g/mol. The Morgan fingerprint density at radius 3 is 2.67 bits per heavy atom. The summed E-state index contributed by atoms with van der Waals surface area (Å²) in [5.74, 6) is 1.15. The summed E-state index contributed by atoms with van der Waals surface area (Å²) in [7, 11) is 1.62. The molecule has 0 aliphatic carbocycles. The quantitative estimate of drug-likeness (QED) is 0.798. The summed E-state index contributed by atoms with van der Waals surface area (Å²) < 4.78 is 7.24. The van der Waals surface area contributed by atoms with Crippen LogP contribution in [0.2, 0.25) is 0 Å². The third-order valence-corrected chi connectivity index (χ3v) is 3.42. The van der Waals surface area contributed by atoms with Crippen LogP contribution in [-0.2, 0) is 6.54 Å². The van der Waals surface area contributed by atoms with Gasteiger partial charge in [0.2, 0.25) is 5.95 Å². The van der Waals surface area contributed by atoms with E-state index in [9.17, 15) is 0 Å². The third kappa shape index (κ3) is 2.28.